The van der Waals surface area contributed by atoms with Gasteiger partial charge in [-0.1, -0.05) is 33.1 Å². The first kappa shape index (κ1) is 24.4. The molecule has 0 radical (unpaired) electrons. The van der Waals surface area contributed by atoms with Crippen molar-refractivity contribution in [1.29, 1.82) is 0 Å². The number of hydrogen-bond donors (Lipinski definition) is 4. The highest BCUT2D eigenvalue weighted by atomic mass is 16.4. The van der Waals surface area contributed by atoms with Crippen molar-refractivity contribution in [1.82, 2.24) is 10.2 Å². The fourth-order valence-electron chi connectivity index (χ4n) is 5.19. The minimum Gasteiger partial charge on any atom is -0.508 e. The van der Waals surface area contributed by atoms with Crippen LogP contribution in [0.5, 0.6) is 11.5 Å². The molecule has 0 aromatic heterocycles. The maximum Gasteiger partial charge on any atom is 0.320 e. The number of amides is 1. The van der Waals surface area contributed by atoms with Crippen LogP contribution in [0.2, 0.25) is 0 Å². The number of nitrogens with one attached hydrogen (secondary N) is 1. The van der Waals surface area contributed by atoms with Crippen molar-refractivity contribution in [3.05, 3.63) is 23.3 Å². The van der Waals surface area contributed by atoms with E-state index in [-0.39, 0.29) is 34.8 Å². The Bertz CT molecular complexity index is 796. The number of nitrogens with zero attached hydrogens (tertiary/aromatic N) is 1. The summed E-state index contributed by atoms with van der Waals surface area (Å²) in [6.07, 6.45) is 8.08. The van der Waals surface area contributed by atoms with Gasteiger partial charge >= 0.3 is 5.97 Å². The Balaban J connectivity index is 1.49. The number of carboxylic acid groups (broad SMARTS) is 1. The molecule has 1 aliphatic carbocycles. The topological polar surface area (TPSA) is 110 Å². The molecule has 0 spiro atoms. The molecule has 1 saturated heterocycles. The molecule has 2 fully saturated rings. The van der Waals surface area contributed by atoms with E-state index in [4.69, 9.17) is 0 Å². The van der Waals surface area contributed by atoms with E-state index in [9.17, 15) is 24.9 Å². The second-order valence-corrected chi connectivity index (χ2v) is 9.78. The van der Waals surface area contributed by atoms with Crippen LogP contribution in [-0.2, 0) is 4.79 Å². The minimum absolute atomic E-state index is 0.00755. The lowest BCUT2D eigenvalue weighted by molar-refractivity contribution is -0.141. The van der Waals surface area contributed by atoms with Crippen LogP contribution in [0.15, 0.2) is 12.1 Å². The monoisotopic (exact) mass is 446 g/mol. The Morgan fingerprint density at radius 1 is 1.03 bits per heavy atom. The molecule has 1 unspecified atom stereocenters. The maximum absolute atomic E-state index is 13.0. The van der Waals surface area contributed by atoms with E-state index in [1.807, 2.05) is 13.8 Å². The van der Waals surface area contributed by atoms with Crippen LogP contribution in [0.25, 0.3) is 0 Å². The second-order valence-electron chi connectivity index (χ2n) is 9.78. The average Bonchev–Trinajstić information content (AvgIpc) is 2.77. The van der Waals surface area contributed by atoms with Gasteiger partial charge in [-0.3, -0.25) is 9.59 Å². The summed E-state index contributed by atoms with van der Waals surface area (Å²) in [5, 5.41) is 33.1. The Hall–Kier alpha value is -2.28. The van der Waals surface area contributed by atoms with E-state index in [1.54, 1.807) is 11.0 Å². The first-order valence-corrected chi connectivity index (χ1v) is 12.1. The van der Waals surface area contributed by atoms with Crippen LogP contribution in [0.3, 0.4) is 0 Å². The smallest absolute Gasteiger partial charge is 0.320 e. The van der Waals surface area contributed by atoms with Crippen molar-refractivity contribution in [2.24, 2.45) is 11.8 Å². The van der Waals surface area contributed by atoms with Crippen LogP contribution in [-0.4, -0.2) is 57.8 Å². The number of carbonyl (C=O) groups is 2. The van der Waals surface area contributed by atoms with Crippen molar-refractivity contribution in [3.63, 3.8) is 0 Å². The standard InChI is InChI=1S/C25H38N2O5/c1-16(2)19-14-20(22(29)15-21(19)28)24(30)27-12-9-17(10-13-27)8-11-26-23(25(31)32)18-6-4-3-5-7-18/h14-18,23,26,28-29H,3-13H2,1-2H3,(H,31,32). The maximum atomic E-state index is 13.0. The molecule has 1 saturated carbocycles. The van der Waals surface area contributed by atoms with E-state index in [0.717, 1.165) is 44.9 Å². The summed E-state index contributed by atoms with van der Waals surface area (Å²) in [6, 6.07) is 2.40. The molecular formula is C25H38N2O5. The summed E-state index contributed by atoms with van der Waals surface area (Å²) >= 11 is 0. The third kappa shape index (κ3) is 5.94. The molecule has 1 atom stereocenters. The van der Waals surface area contributed by atoms with Gasteiger partial charge in [-0.15, -0.1) is 0 Å². The van der Waals surface area contributed by atoms with Gasteiger partial charge < -0.3 is 25.5 Å². The van der Waals surface area contributed by atoms with E-state index in [0.29, 0.717) is 31.1 Å². The second kappa shape index (κ2) is 11.0. The summed E-state index contributed by atoms with van der Waals surface area (Å²) in [5.41, 5.74) is 0.890. The van der Waals surface area contributed by atoms with Crippen LogP contribution in [0, 0.1) is 11.8 Å². The molecule has 32 heavy (non-hydrogen) atoms. The summed E-state index contributed by atoms with van der Waals surface area (Å²) in [6.45, 7) is 5.78. The molecule has 1 amide bonds. The average molecular weight is 447 g/mol. The lowest BCUT2D eigenvalue weighted by atomic mass is 9.83. The zero-order chi connectivity index (χ0) is 23.3. The van der Waals surface area contributed by atoms with Gasteiger partial charge in [0.1, 0.15) is 17.5 Å². The van der Waals surface area contributed by atoms with Gasteiger partial charge in [0.2, 0.25) is 0 Å². The number of phenolic OH excluding ortho intramolecular Hbond substituents is 2. The lowest BCUT2D eigenvalue weighted by Gasteiger charge is -2.33. The predicted molar refractivity (Wildman–Crippen MR) is 123 cm³/mol. The van der Waals surface area contributed by atoms with Crippen molar-refractivity contribution in [2.45, 2.75) is 77.2 Å². The van der Waals surface area contributed by atoms with Crippen LogP contribution < -0.4 is 5.32 Å². The number of aromatic hydroxyl groups is 2. The number of likely N-dealkylation sites (tertiary alicyclic amines) is 1. The highest BCUT2D eigenvalue weighted by Gasteiger charge is 2.30. The van der Waals surface area contributed by atoms with Crippen molar-refractivity contribution in [2.75, 3.05) is 19.6 Å². The zero-order valence-corrected chi connectivity index (χ0v) is 19.3. The van der Waals surface area contributed by atoms with Gasteiger partial charge in [0.15, 0.2) is 0 Å². The Labute approximate surface area is 190 Å². The summed E-state index contributed by atoms with van der Waals surface area (Å²) in [7, 11) is 0. The van der Waals surface area contributed by atoms with Crippen LogP contribution in [0.1, 0.15) is 87.1 Å². The van der Waals surface area contributed by atoms with Crippen LogP contribution >= 0.6 is 0 Å². The minimum atomic E-state index is -0.744. The highest BCUT2D eigenvalue weighted by molar-refractivity contribution is 5.97. The fraction of sp³-hybridized carbons (Fsp3) is 0.680. The molecule has 0 bridgehead atoms. The van der Waals surface area contributed by atoms with E-state index >= 15 is 0 Å². The molecule has 1 heterocycles. The van der Waals surface area contributed by atoms with Gasteiger partial charge in [0, 0.05) is 19.2 Å². The van der Waals surface area contributed by atoms with Crippen molar-refractivity contribution in [3.8, 4) is 11.5 Å². The number of piperidine rings is 1. The molecule has 1 aromatic carbocycles. The highest BCUT2D eigenvalue weighted by Crippen LogP contribution is 2.33. The number of benzene rings is 1. The van der Waals surface area contributed by atoms with Crippen molar-refractivity contribution >= 4 is 11.9 Å². The fourth-order valence-corrected chi connectivity index (χ4v) is 5.19. The number of carboxylic acids is 1. The number of carbonyl (C=O) groups excluding carboxylic acids is 1. The van der Waals surface area contributed by atoms with Crippen LogP contribution in [0.4, 0.5) is 0 Å². The molecule has 4 N–H and O–H groups in total. The van der Waals surface area contributed by atoms with Crippen molar-refractivity contribution < 1.29 is 24.9 Å². The van der Waals surface area contributed by atoms with Gasteiger partial charge in [-0.2, -0.15) is 0 Å². The first-order valence-electron chi connectivity index (χ1n) is 12.1. The molecule has 7 heteroatoms. The van der Waals surface area contributed by atoms with E-state index < -0.39 is 12.0 Å². The third-order valence-electron chi connectivity index (χ3n) is 7.20. The normalized spacial score (nSPS) is 19.3. The van der Waals surface area contributed by atoms with E-state index in [2.05, 4.69) is 5.32 Å². The number of aliphatic carboxylic acids is 1. The summed E-state index contributed by atoms with van der Waals surface area (Å²) in [5.74, 6) is -0.403. The van der Waals surface area contributed by atoms with Gasteiger partial charge in [0.05, 0.1) is 5.56 Å². The molecule has 7 nitrogen and oxygen atoms in total. The quantitative estimate of drug-likeness (QED) is 0.479. The SMILES string of the molecule is CC(C)c1cc(C(=O)N2CCC(CCNC(C(=O)O)C3CCCCC3)CC2)c(O)cc1O. The Kier molecular flexibility index (Phi) is 8.40. The Morgan fingerprint density at radius 3 is 2.28 bits per heavy atom. The largest absolute Gasteiger partial charge is 0.508 e. The van der Waals surface area contributed by atoms with Gasteiger partial charge in [-0.05, 0) is 68.0 Å². The Morgan fingerprint density at radius 2 is 1.69 bits per heavy atom. The lowest BCUT2D eigenvalue weighted by Crippen LogP contribution is -2.45. The molecular weight excluding hydrogens is 408 g/mol. The first-order chi connectivity index (χ1) is 15.3. The number of rotatable bonds is 8. The van der Waals surface area contributed by atoms with E-state index in [1.165, 1.54) is 12.5 Å². The summed E-state index contributed by atoms with van der Waals surface area (Å²) in [4.78, 5) is 26.4. The molecule has 3 rings (SSSR count). The zero-order valence-electron chi connectivity index (χ0n) is 19.3. The molecule has 178 valence electrons. The number of hydrogen-bond acceptors (Lipinski definition) is 5. The molecule has 1 aliphatic heterocycles. The van der Waals surface area contributed by atoms with Gasteiger partial charge in [-0.25, -0.2) is 0 Å². The number of phenols is 2. The third-order valence-corrected chi connectivity index (χ3v) is 7.20. The van der Waals surface area contributed by atoms with Gasteiger partial charge in [0.25, 0.3) is 5.91 Å². The molecule has 1 aromatic rings. The molecule has 2 aliphatic rings. The predicted octanol–water partition coefficient (Wildman–Crippen LogP) is 4.09. The summed E-state index contributed by atoms with van der Waals surface area (Å²) < 4.78 is 0.